The maximum absolute atomic E-state index is 11.5. The van der Waals surface area contributed by atoms with E-state index in [1.54, 1.807) is 12.4 Å². The van der Waals surface area contributed by atoms with Gasteiger partial charge in [-0.1, -0.05) is 13.0 Å². The first kappa shape index (κ1) is 14.4. The van der Waals surface area contributed by atoms with Crippen LogP contribution in [0, 0.1) is 0 Å². The zero-order valence-corrected chi connectivity index (χ0v) is 11.3. The maximum atomic E-state index is 11.5. The summed E-state index contributed by atoms with van der Waals surface area (Å²) in [6.45, 7) is 4.07. The smallest absolute Gasteiger partial charge is 0.243 e. The number of amides is 1. The highest BCUT2D eigenvalue weighted by Gasteiger charge is 2.01. The number of rotatable bonds is 7. The second kappa shape index (κ2) is 7.60. The molecule has 0 aliphatic heterocycles. The van der Waals surface area contributed by atoms with Crippen molar-refractivity contribution in [3.8, 4) is 0 Å². The first-order chi connectivity index (χ1) is 8.63. The number of aryl methyl sites for hydroxylation is 1. The van der Waals surface area contributed by atoms with Crippen LogP contribution in [0.3, 0.4) is 0 Å². The van der Waals surface area contributed by atoms with E-state index in [0.717, 1.165) is 18.8 Å². The molecule has 1 amide bonds. The summed E-state index contributed by atoms with van der Waals surface area (Å²) in [6.07, 6.45) is 5.93. The van der Waals surface area contributed by atoms with Crippen LogP contribution >= 0.6 is 0 Å². The third-order valence-corrected chi connectivity index (χ3v) is 2.40. The Kier molecular flexibility index (Phi) is 6.07. The molecule has 1 rings (SSSR count). The lowest BCUT2D eigenvalue weighted by Gasteiger charge is -2.06. The molecule has 0 unspecified atom stereocenters. The van der Waals surface area contributed by atoms with Crippen molar-refractivity contribution in [2.45, 2.75) is 19.9 Å². The average Bonchev–Trinajstić information content (AvgIpc) is 2.76. The van der Waals surface area contributed by atoms with Crippen LogP contribution in [0.1, 0.15) is 12.7 Å². The molecule has 0 aliphatic rings. The van der Waals surface area contributed by atoms with Gasteiger partial charge in [0.25, 0.3) is 0 Å². The van der Waals surface area contributed by atoms with Gasteiger partial charge in [0, 0.05) is 32.1 Å². The number of nitrogens with zero attached hydrogens (tertiary/aromatic N) is 4. The highest BCUT2D eigenvalue weighted by Crippen LogP contribution is 1.94. The molecular weight excluding hydrogens is 230 g/mol. The molecule has 18 heavy (non-hydrogen) atoms. The largest absolute Gasteiger partial charge is 0.351 e. The Bertz CT molecular complexity index is 397. The lowest BCUT2D eigenvalue weighted by molar-refractivity contribution is -0.116. The van der Waals surface area contributed by atoms with Gasteiger partial charge >= 0.3 is 0 Å². The fourth-order valence-corrected chi connectivity index (χ4v) is 1.47. The van der Waals surface area contributed by atoms with Gasteiger partial charge < -0.3 is 14.8 Å². The van der Waals surface area contributed by atoms with Gasteiger partial charge in [0.05, 0.1) is 0 Å². The first-order valence-electron chi connectivity index (χ1n) is 6.09. The van der Waals surface area contributed by atoms with E-state index in [1.807, 2.05) is 36.6 Å². The van der Waals surface area contributed by atoms with Crippen LogP contribution in [0.4, 0.5) is 0 Å². The monoisotopic (exact) mass is 251 g/mol. The van der Waals surface area contributed by atoms with Crippen LogP contribution in [0.2, 0.25) is 0 Å². The highest BCUT2D eigenvalue weighted by molar-refractivity contribution is 5.87. The van der Waals surface area contributed by atoms with Gasteiger partial charge in [0.2, 0.25) is 5.91 Å². The zero-order valence-electron chi connectivity index (χ0n) is 11.3. The first-order valence-corrected chi connectivity index (χ1v) is 6.09. The molecule has 0 saturated heterocycles. The Morgan fingerprint density at radius 3 is 3.00 bits per heavy atom. The molecule has 1 N–H and O–H groups in total. The van der Waals surface area contributed by atoms with Gasteiger partial charge in [0.15, 0.2) is 0 Å². The van der Waals surface area contributed by atoms with E-state index in [9.17, 15) is 4.79 Å². The van der Waals surface area contributed by atoms with Gasteiger partial charge in [-0.25, -0.2) is 0 Å². The lowest BCUT2D eigenvalue weighted by Crippen LogP contribution is -2.26. The van der Waals surface area contributed by atoms with Crippen molar-refractivity contribution in [3.05, 3.63) is 24.3 Å². The molecule has 6 heteroatoms. The van der Waals surface area contributed by atoms with E-state index in [-0.39, 0.29) is 5.91 Å². The van der Waals surface area contributed by atoms with E-state index in [0.29, 0.717) is 13.1 Å². The number of nitrogens with one attached hydrogen (secondary N) is 1. The van der Waals surface area contributed by atoms with E-state index in [1.165, 1.54) is 0 Å². The van der Waals surface area contributed by atoms with Gasteiger partial charge in [-0.15, -0.1) is 10.2 Å². The molecule has 0 bridgehead atoms. The summed E-state index contributed by atoms with van der Waals surface area (Å²) >= 11 is 0. The lowest BCUT2D eigenvalue weighted by atomic mass is 10.4. The zero-order chi connectivity index (χ0) is 13.4. The Hall–Kier alpha value is -1.69. The van der Waals surface area contributed by atoms with Crippen LogP contribution in [0.25, 0.3) is 0 Å². The third-order valence-electron chi connectivity index (χ3n) is 2.40. The Balaban J connectivity index is 2.25. The predicted octanol–water partition coefficient (Wildman–Crippen LogP) is 0.0745. The maximum Gasteiger partial charge on any atom is 0.243 e. The predicted molar refractivity (Wildman–Crippen MR) is 70.1 cm³/mol. The molecule has 1 aromatic heterocycles. The molecular formula is C12H21N5O. The number of hydrogen-bond donors (Lipinski definition) is 1. The minimum absolute atomic E-state index is 0.0667. The number of likely N-dealkylation sites (N-methyl/N-ethyl adjacent to an activating group) is 1. The Morgan fingerprint density at radius 2 is 2.33 bits per heavy atom. The van der Waals surface area contributed by atoms with E-state index in [2.05, 4.69) is 15.5 Å². The van der Waals surface area contributed by atoms with Crippen LogP contribution in [-0.2, 0) is 17.8 Å². The molecule has 0 radical (unpaired) electrons. The molecule has 1 aromatic rings. The van der Waals surface area contributed by atoms with Crippen molar-refractivity contribution in [1.82, 2.24) is 25.0 Å². The van der Waals surface area contributed by atoms with Crippen molar-refractivity contribution in [2.24, 2.45) is 0 Å². The molecule has 0 atom stereocenters. The SMILES string of the molecule is CCc1nncn1CCNC(=O)/C=C/CN(C)C. The van der Waals surface area contributed by atoms with Gasteiger partial charge in [-0.05, 0) is 14.1 Å². The Labute approximate surface area is 108 Å². The average molecular weight is 251 g/mol. The summed E-state index contributed by atoms with van der Waals surface area (Å²) in [4.78, 5) is 13.4. The van der Waals surface area contributed by atoms with Gasteiger partial charge in [-0.2, -0.15) is 0 Å². The van der Waals surface area contributed by atoms with Crippen LogP contribution < -0.4 is 5.32 Å². The van der Waals surface area contributed by atoms with Gasteiger partial charge in [-0.3, -0.25) is 4.79 Å². The third kappa shape index (κ3) is 5.09. The standard InChI is InChI=1S/C12H21N5O/c1-4-11-15-14-10-17(11)9-7-13-12(18)6-5-8-16(2)3/h5-6,10H,4,7-9H2,1-3H3,(H,13,18)/b6-5+. The van der Waals surface area contributed by atoms with Crippen molar-refractivity contribution >= 4 is 5.91 Å². The summed E-state index contributed by atoms with van der Waals surface area (Å²) in [5.41, 5.74) is 0. The topological polar surface area (TPSA) is 63.1 Å². The molecule has 0 spiro atoms. The molecule has 0 saturated carbocycles. The highest BCUT2D eigenvalue weighted by atomic mass is 16.1. The van der Waals surface area contributed by atoms with Crippen molar-refractivity contribution in [2.75, 3.05) is 27.2 Å². The van der Waals surface area contributed by atoms with Crippen LogP contribution in [0.15, 0.2) is 18.5 Å². The van der Waals surface area contributed by atoms with Crippen molar-refractivity contribution < 1.29 is 4.79 Å². The van der Waals surface area contributed by atoms with Crippen molar-refractivity contribution in [1.29, 1.82) is 0 Å². The molecule has 100 valence electrons. The quantitative estimate of drug-likeness (QED) is 0.697. The van der Waals surface area contributed by atoms with Gasteiger partial charge in [0.1, 0.15) is 12.2 Å². The number of carbonyl (C=O) groups excluding carboxylic acids is 1. The molecule has 0 aromatic carbocycles. The minimum Gasteiger partial charge on any atom is -0.351 e. The summed E-state index contributed by atoms with van der Waals surface area (Å²) < 4.78 is 1.95. The molecule has 0 fully saturated rings. The van der Waals surface area contributed by atoms with Crippen molar-refractivity contribution in [3.63, 3.8) is 0 Å². The fraction of sp³-hybridized carbons (Fsp3) is 0.583. The normalized spacial score (nSPS) is 11.3. The molecule has 1 heterocycles. The fourth-order valence-electron chi connectivity index (χ4n) is 1.47. The van der Waals surface area contributed by atoms with E-state index in [4.69, 9.17) is 0 Å². The van der Waals surface area contributed by atoms with E-state index >= 15 is 0 Å². The number of hydrogen-bond acceptors (Lipinski definition) is 4. The number of aromatic nitrogens is 3. The summed E-state index contributed by atoms with van der Waals surface area (Å²) in [5.74, 6) is 0.871. The Morgan fingerprint density at radius 1 is 1.56 bits per heavy atom. The van der Waals surface area contributed by atoms with Crippen LogP contribution in [-0.4, -0.2) is 52.8 Å². The summed E-state index contributed by atoms with van der Waals surface area (Å²) in [5, 5.41) is 10.6. The summed E-state index contributed by atoms with van der Waals surface area (Å²) in [7, 11) is 3.92. The molecule has 0 aliphatic carbocycles. The molecule has 6 nitrogen and oxygen atoms in total. The van der Waals surface area contributed by atoms with Crippen LogP contribution in [0.5, 0.6) is 0 Å². The summed E-state index contributed by atoms with van der Waals surface area (Å²) in [6, 6.07) is 0. The van der Waals surface area contributed by atoms with E-state index < -0.39 is 0 Å². The second-order valence-electron chi connectivity index (χ2n) is 4.25. The minimum atomic E-state index is -0.0667. The number of carbonyl (C=O) groups is 1. The second-order valence-corrected chi connectivity index (χ2v) is 4.25.